The van der Waals surface area contributed by atoms with Gasteiger partial charge in [-0.15, -0.1) is 11.8 Å². The van der Waals surface area contributed by atoms with Crippen molar-refractivity contribution < 1.29 is 9.59 Å². The molecule has 162 valence electrons. The second-order valence-electron chi connectivity index (χ2n) is 7.00. The summed E-state index contributed by atoms with van der Waals surface area (Å²) in [5.41, 5.74) is 2.04. The summed E-state index contributed by atoms with van der Waals surface area (Å²) < 4.78 is 0. The second kappa shape index (κ2) is 12.2. The number of amides is 2. The van der Waals surface area contributed by atoms with Gasteiger partial charge in [0, 0.05) is 30.2 Å². The van der Waals surface area contributed by atoms with Gasteiger partial charge in [0.2, 0.25) is 11.8 Å². The molecule has 2 rings (SSSR count). The third-order valence-corrected chi connectivity index (χ3v) is 6.43. The van der Waals surface area contributed by atoms with Crippen molar-refractivity contribution in [2.75, 3.05) is 12.3 Å². The van der Waals surface area contributed by atoms with Gasteiger partial charge in [-0.05, 0) is 50.1 Å². The van der Waals surface area contributed by atoms with Crippen molar-refractivity contribution in [2.24, 2.45) is 0 Å². The molecule has 30 heavy (non-hydrogen) atoms. The number of thioether (sulfide) groups is 1. The van der Waals surface area contributed by atoms with Gasteiger partial charge in [-0.2, -0.15) is 0 Å². The summed E-state index contributed by atoms with van der Waals surface area (Å²) in [6.45, 7) is 6.66. The van der Waals surface area contributed by atoms with Gasteiger partial charge in [-0.25, -0.2) is 0 Å². The summed E-state index contributed by atoms with van der Waals surface area (Å²) in [5.74, 6) is 0.449. The highest BCUT2D eigenvalue weighted by molar-refractivity contribution is 7.99. The van der Waals surface area contributed by atoms with Crippen LogP contribution in [0.2, 0.25) is 10.0 Å². The van der Waals surface area contributed by atoms with Gasteiger partial charge < -0.3 is 10.2 Å². The molecule has 0 saturated carbocycles. The van der Waals surface area contributed by atoms with Crippen LogP contribution in [0.4, 0.5) is 0 Å². The minimum absolute atomic E-state index is 0.0567. The Morgan fingerprint density at radius 1 is 1.07 bits per heavy atom. The van der Waals surface area contributed by atoms with Crippen LogP contribution < -0.4 is 5.32 Å². The van der Waals surface area contributed by atoms with Gasteiger partial charge in [0.15, 0.2) is 0 Å². The Morgan fingerprint density at radius 3 is 2.37 bits per heavy atom. The van der Waals surface area contributed by atoms with Gasteiger partial charge in [0.25, 0.3) is 0 Å². The van der Waals surface area contributed by atoms with Gasteiger partial charge in [-0.3, -0.25) is 9.59 Å². The van der Waals surface area contributed by atoms with E-state index in [2.05, 4.69) is 29.6 Å². The zero-order valence-corrected chi connectivity index (χ0v) is 19.9. The first-order valence-corrected chi connectivity index (χ1v) is 11.8. The summed E-state index contributed by atoms with van der Waals surface area (Å²) in [4.78, 5) is 28.5. The van der Waals surface area contributed by atoms with Crippen LogP contribution in [-0.4, -0.2) is 35.1 Å². The van der Waals surface area contributed by atoms with Gasteiger partial charge in [-0.1, -0.05) is 53.9 Å². The highest BCUT2D eigenvalue weighted by Gasteiger charge is 2.28. The molecule has 4 nitrogen and oxygen atoms in total. The molecule has 0 aliphatic heterocycles. The topological polar surface area (TPSA) is 49.4 Å². The first kappa shape index (κ1) is 24.6. The average Bonchev–Trinajstić information content (AvgIpc) is 2.72. The number of likely N-dealkylation sites (N-methyl/N-ethyl adjacent to an activating group) is 1. The molecule has 7 heteroatoms. The minimum atomic E-state index is -0.531. The van der Waals surface area contributed by atoms with Crippen LogP contribution in [0.3, 0.4) is 0 Å². The summed E-state index contributed by atoms with van der Waals surface area (Å²) in [6, 6.07) is 13.0. The monoisotopic (exact) mass is 466 g/mol. The van der Waals surface area contributed by atoms with Crippen molar-refractivity contribution in [3.63, 3.8) is 0 Å². The number of aryl methyl sites for hydroxylation is 1. The van der Waals surface area contributed by atoms with E-state index < -0.39 is 6.04 Å². The lowest BCUT2D eigenvalue weighted by Gasteiger charge is -2.30. The Hall–Kier alpha value is -1.69. The largest absolute Gasteiger partial charge is 0.355 e. The molecule has 2 aromatic rings. The van der Waals surface area contributed by atoms with Crippen LogP contribution in [0.15, 0.2) is 47.4 Å². The maximum Gasteiger partial charge on any atom is 0.242 e. The van der Waals surface area contributed by atoms with Crippen molar-refractivity contribution in [3.05, 3.63) is 63.6 Å². The first-order valence-electron chi connectivity index (χ1n) is 10.1. The average molecular weight is 467 g/mol. The van der Waals surface area contributed by atoms with E-state index in [0.29, 0.717) is 41.7 Å². The van der Waals surface area contributed by atoms with E-state index in [1.807, 2.05) is 26.8 Å². The Bertz CT molecular complexity index is 859. The molecule has 0 heterocycles. The highest BCUT2D eigenvalue weighted by Crippen LogP contribution is 2.25. The van der Waals surface area contributed by atoms with Crippen molar-refractivity contribution in [1.29, 1.82) is 0 Å². The highest BCUT2D eigenvalue weighted by atomic mass is 35.5. The lowest BCUT2D eigenvalue weighted by molar-refractivity contribution is -0.141. The summed E-state index contributed by atoms with van der Waals surface area (Å²) in [6.07, 6.45) is 0.875. The SMILES string of the molecule is CCNC(=O)[C@@H](CC)N(Cc1ccc(Cl)c(Cl)c1)C(=O)CCSc1ccc(C)cc1. The van der Waals surface area contributed by atoms with Crippen molar-refractivity contribution >= 4 is 46.8 Å². The van der Waals surface area contributed by atoms with Gasteiger partial charge in [0.1, 0.15) is 6.04 Å². The number of hydrogen-bond acceptors (Lipinski definition) is 3. The zero-order chi connectivity index (χ0) is 22.1. The fraction of sp³-hybridized carbons (Fsp3) is 0.391. The van der Waals surface area contributed by atoms with E-state index in [0.717, 1.165) is 10.5 Å². The normalized spacial score (nSPS) is 11.8. The predicted molar refractivity (Wildman–Crippen MR) is 126 cm³/mol. The van der Waals surface area contributed by atoms with Crippen LogP contribution >= 0.6 is 35.0 Å². The molecule has 0 bridgehead atoms. The molecular formula is C23H28Cl2N2O2S. The Labute approximate surface area is 193 Å². The third-order valence-electron chi connectivity index (χ3n) is 4.68. The molecule has 0 aliphatic carbocycles. The predicted octanol–water partition coefficient (Wildman–Crippen LogP) is 5.73. The van der Waals surface area contributed by atoms with Crippen LogP contribution in [0.25, 0.3) is 0 Å². The third kappa shape index (κ3) is 7.22. The van der Waals surface area contributed by atoms with Crippen LogP contribution in [0, 0.1) is 6.92 Å². The van der Waals surface area contributed by atoms with Crippen molar-refractivity contribution in [1.82, 2.24) is 10.2 Å². The Kier molecular flexibility index (Phi) is 10.0. The fourth-order valence-corrected chi connectivity index (χ4v) is 4.24. The number of halogens is 2. The Morgan fingerprint density at radius 2 is 1.77 bits per heavy atom. The summed E-state index contributed by atoms with van der Waals surface area (Å²) >= 11 is 13.8. The second-order valence-corrected chi connectivity index (χ2v) is 8.98. The molecule has 0 spiro atoms. The van der Waals surface area contributed by atoms with E-state index in [4.69, 9.17) is 23.2 Å². The fourth-order valence-electron chi connectivity index (χ4n) is 3.08. The maximum atomic E-state index is 13.1. The molecule has 0 radical (unpaired) electrons. The smallest absolute Gasteiger partial charge is 0.242 e. The van der Waals surface area contributed by atoms with E-state index in [9.17, 15) is 9.59 Å². The molecule has 0 unspecified atom stereocenters. The Balaban J connectivity index is 2.13. The van der Waals surface area contributed by atoms with Gasteiger partial charge >= 0.3 is 0 Å². The van der Waals surface area contributed by atoms with E-state index in [1.54, 1.807) is 28.8 Å². The zero-order valence-electron chi connectivity index (χ0n) is 17.6. The summed E-state index contributed by atoms with van der Waals surface area (Å²) in [7, 11) is 0. The van der Waals surface area contributed by atoms with E-state index in [1.165, 1.54) is 5.56 Å². The molecule has 2 aromatic carbocycles. The molecular weight excluding hydrogens is 439 g/mol. The number of rotatable bonds is 10. The molecule has 0 aromatic heterocycles. The number of benzene rings is 2. The van der Waals surface area contributed by atoms with E-state index >= 15 is 0 Å². The molecule has 0 aliphatic rings. The number of hydrogen-bond donors (Lipinski definition) is 1. The molecule has 0 fully saturated rings. The molecule has 0 saturated heterocycles. The number of nitrogens with one attached hydrogen (secondary N) is 1. The van der Waals surface area contributed by atoms with E-state index in [-0.39, 0.29) is 11.8 Å². The molecule has 1 atom stereocenters. The van der Waals surface area contributed by atoms with Crippen LogP contribution in [0.5, 0.6) is 0 Å². The van der Waals surface area contributed by atoms with Crippen molar-refractivity contribution in [2.45, 2.75) is 51.1 Å². The number of carbonyl (C=O) groups is 2. The lowest BCUT2D eigenvalue weighted by Crippen LogP contribution is -2.49. The maximum absolute atomic E-state index is 13.1. The molecule has 1 N–H and O–H groups in total. The van der Waals surface area contributed by atoms with Crippen LogP contribution in [0.1, 0.15) is 37.8 Å². The quantitative estimate of drug-likeness (QED) is 0.454. The lowest BCUT2D eigenvalue weighted by atomic mass is 10.1. The number of nitrogens with zero attached hydrogens (tertiary/aromatic N) is 1. The van der Waals surface area contributed by atoms with Crippen LogP contribution in [-0.2, 0) is 16.1 Å². The summed E-state index contributed by atoms with van der Waals surface area (Å²) in [5, 5.41) is 3.73. The first-order chi connectivity index (χ1) is 14.3. The standard InChI is InChI=1S/C23H28Cl2N2O2S/c1-4-21(23(29)26-5-2)27(15-17-8-11-19(24)20(25)14-17)22(28)12-13-30-18-9-6-16(3)7-10-18/h6-11,14,21H,4-5,12-13,15H2,1-3H3,(H,26,29)/t21-/m1/s1. The van der Waals surface area contributed by atoms with Gasteiger partial charge in [0.05, 0.1) is 10.0 Å². The van der Waals surface area contributed by atoms with Crippen molar-refractivity contribution in [3.8, 4) is 0 Å². The number of carbonyl (C=O) groups excluding carboxylic acids is 2. The minimum Gasteiger partial charge on any atom is -0.355 e. The molecule has 2 amide bonds.